The topological polar surface area (TPSA) is 103 Å². The molecule has 0 aliphatic carbocycles. The molecule has 1 fully saturated rings. The number of carbonyl (C=O) groups excluding carboxylic acids is 2. The van der Waals surface area contributed by atoms with Crippen LogP contribution in [0.5, 0.6) is 0 Å². The number of esters is 1. The highest BCUT2D eigenvalue weighted by Crippen LogP contribution is 2.25. The molecular formula is C17H16N2O6. The lowest BCUT2D eigenvalue weighted by molar-refractivity contribution is -0.385. The Balaban J connectivity index is 1.70. The Morgan fingerprint density at radius 1 is 1.28 bits per heavy atom. The van der Waals surface area contributed by atoms with Crippen molar-refractivity contribution < 1.29 is 23.7 Å². The van der Waals surface area contributed by atoms with Gasteiger partial charge in [0.15, 0.2) is 0 Å². The van der Waals surface area contributed by atoms with Crippen LogP contribution >= 0.6 is 0 Å². The van der Waals surface area contributed by atoms with Crippen LogP contribution in [0, 0.1) is 10.1 Å². The number of nitro groups is 1. The minimum absolute atomic E-state index is 0.0197. The van der Waals surface area contributed by atoms with Crippen molar-refractivity contribution in [2.45, 2.75) is 18.9 Å². The number of likely N-dealkylation sites (tertiary alicyclic amines) is 1. The minimum Gasteiger partial charge on any atom is -0.458 e. The standard InChI is InChI=1S/C17H16N2O6/c20-16(13-6-1-2-7-14(13)19(22)23)18-9-3-5-12(18)11-25-17(21)15-8-4-10-24-15/h1-2,4,6-8,10,12H,3,5,9,11H2/t12-/m1/s1. The summed E-state index contributed by atoms with van der Waals surface area (Å²) in [7, 11) is 0. The summed E-state index contributed by atoms with van der Waals surface area (Å²) in [4.78, 5) is 36.6. The highest BCUT2D eigenvalue weighted by atomic mass is 16.6. The molecule has 0 N–H and O–H groups in total. The molecule has 25 heavy (non-hydrogen) atoms. The molecule has 1 amide bonds. The third-order valence-electron chi connectivity index (χ3n) is 4.10. The van der Waals surface area contributed by atoms with E-state index in [4.69, 9.17) is 9.15 Å². The molecule has 1 saturated heterocycles. The second kappa shape index (κ2) is 7.16. The summed E-state index contributed by atoms with van der Waals surface area (Å²) in [5.74, 6) is -0.937. The van der Waals surface area contributed by atoms with E-state index >= 15 is 0 Å². The Hall–Kier alpha value is -3.16. The lowest BCUT2D eigenvalue weighted by Gasteiger charge is -2.24. The van der Waals surface area contributed by atoms with Crippen molar-refractivity contribution in [2.75, 3.05) is 13.2 Å². The Morgan fingerprint density at radius 2 is 2.08 bits per heavy atom. The maximum Gasteiger partial charge on any atom is 0.374 e. The van der Waals surface area contributed by atoms with Gasteiger partial charge < -0.3 is 14.1 Å². The van der Waals surface area contributed by atoms with Gasteiger partial charge in [0.2, 0.25) is 5.76 Å². The van der Waals surface area contributed by atoms with Crippen molar-refractivity contribution in [1.29, 1.82) is 0 Å². The van der Waals surface area contributed by atoms with Gasteiger partial charge in [-0.3, -0.25) is 14.9 Å². The van der Waals surface area contributed by atoms with Crippen molar-refractivity contribution in [3.63, 3.8) is 0 Å². The van der Waals surface area contributed by atoms with E-state index in [2.05, 4.69) is 0 Å². The highest BCUT2D eigenvalue weighted by molar-refractivity contribution is 5.98. The monoisotopic (exact) mass is 344 g/mol. The Bertz CT molecular complexity index is 786. The SMILES string of the molecule is O=C(OC[C@H]1CCCN1C(=O)c1ccccc1[N+](=O)[O-])c1ccco1. The summed E-state index contributed by atoms with van der Waals surface area (Å²) in [6, 6.07) is 8.60. The smallest absolute Gasteiger partial charge is 0.374 e. The van der Waals surface area contributed by atoms with Gasteiger partial charge in [-0.25, -0.2) is 4.79 Å². The molecule has 0 bridgehead atoms. The van der Waals surface area contributed by atoms with E-state index in [1.807, 2.05) is 0 Å². The Kier molecular flexibility index (Phi) is 4.78. The minimum atomic E-state index is -0.602. The highest BCUT2D eigenvalue weighted by Gasteiger charge is 2.33. The summed E-state index contributed by atoms with van der Waals surface area (Å²) in [6.07, 6.45) is 2.78. The van der Waals surface area contributed by atoms with Crippen molar-refractivity contribution in [3.8, 4) is 0 Å². The molecule has 1 aliphatic heterocycles. The average Bonchev–Trinajstić information content (AvgIpc) is 3.30. The molecule has 8 nitrogen and oxygen atoms in total. The number of benzene rings is 1. The number of nitro benzene ring substituents is 1. The second-order valence-electron chi connectivity index (χ2n) is 5.64. The largest absolute Gasteiger partial charge is 0.458 e. The number of ether oxygens (including phenoxy) is 1. The van der Waals surface area contributed by atoms with Crippen LogP contribution in [0.2, 0.25) is 0 Å². The van der Waals surface area contributed by atoms with Gasteiger partial charge >= 0.3 is 5.97 Å². The molecule has 0 unspecified atom stereocenters. The Morgan fingerprint density at radius 3 is 2.80 bits per heavy atom. The summed E-state index contributed by atoms with van der Waals surface area (Å²) < 4.78 is 10.2. The summed E-state index contributed by atoms with van der Waals surface area (Å²) in [5.41, 5.74) is -0.192. The van der Waals surface area contributed by atoms with Crippen LogP contribution in [-0.2, 0) is 4.74 Å². The zero-order valence-corrected chi connectivity index (χ0v) is 13.3. The summed E-state index contributed by atoms with van der Waals surface area (Å²) >= 11 is 0. The molecule has 2 aromatic rings. The first kappa shape index (κ1) is 16.7. The number of hydrogen-bond acceptors (Lipinski definition) is 6. The van der Waals surface area contributed by atoms with Crippen LogP contribution in [0.4, 0.5) is 5.69 Å². The van der Waals surface area contributed by atoms with Crippen molar-refractivity contribution >= 4 is 17.6 Å². The van der Waals surface area contributed by atoms with Crippen molar-refractivity contribution in [2.24, 2.45) is 0 Å². The van der Waals surface area contributed by atoms with Crippen LogP contribution in [0.25, 0.3) is 0 Å². The third-order valence-corrected chi connectivity index (χ3v) is 4.10. The van der Waals surface area contributed by atoms with Crippen LogP contribution in [0.3, 0.4) is 0 Å². The quantitative estimate of drug-likeness (QED) is 0.469. The zero-order valence-electron chi connectivity index (χ0n) is 13.3. The maximum atomic E-state index is 12.7. The van der Waals surface area contributed by atoms with Gasteiger partial charge in [0, 0.05) is 12.6 Å². The number of rotatable bonds is 5. The molecule has 3 rings (SSSR count). The molecule has 0 saturated carbocycles. The summed E-state index contributed by atoms with van der Waals surface area (Å²) in [6.45, 7) is 0.486. The predicted octanol–water partition coefficient (Wildman–Crippen LogP) is 2.65. The molecule has 1 atom stereocenters. The molecule has 2 heterocycles. The average molecular weight is 344 g/mol. The lowest BCUT2D eigenvalue weighted by Crippen LogP contribution is -2.39. The maximum absolute atomic E-state index is 12.7. The van der Waals surface area contributed by atoms with Gasteiger partial charge in [-0.15, -0.1) is 0 Å². The Labute approximate surface area is 143 Å². The molecule has 1 aromatic carbocycles. The molecule has 1 aromatic heterocycles. The number of nitrogens with zero attached hydrogens (tertiary/aromatic N) is 2. The number of hydrogen-bond donors (Lipinski definition) is 0. The molecule has 1 aliphatic rings. The van der Waals surface area contributed by atoms with Crippen LogP contribution in [0.15, 0.2) is 47.1 Å². The first-order valence-electron chi connectivity index (χ1n) is 7.83. The summed E-state index contributed by atoms with van der Waals surface area (Å²) in [5, 5.41) is 11.1. The number of para-hydroxylation sites is 1. The first-order valence-corrected chi connectivity index (χ1v) is 7.83. The van der Waals surface area contributed by atoms with Crippen LogP contribution in [-0.4, -0.2) is 40.9 Å². The van der Waals surface area contributed by atoms with E-state index in [-0.39, 0.29) is 29.7 Å². The molecular weight excluding hydrogens is 328 g/mol. The van der Waals surface area contributed by atoms with Gasteiger partial charge in [0.25, 0.3) is 11.6 Å². The van der Waals surface area contributed by atoms with Crippen LogP contribution in [0.1, 0.15) is 33.8 Å². The van der Waals surface area contributed by atoms with E-state index in [0.717, 1.165) is 6.42 Å². The first-order chi connectivity index (χ1) is 12.1. The van der Waals surface area contributed by atoms with Gasteiger partial charge in [-0.2, -0.15) is 0 Å². The number of furan rings is 1. The van der Waals surface area contributed by atoms with E-state index in [1.54, 1.807) is 12.1 Å². The van der Waals surface area contributed by atoms with Gasteiger partial charge in [-0.05, 0) is 31.0 Å². The van der Waals surface area contributed by atoms with Gasteiger partial charge in [0.05, 0.1) is 17.2 Å². The fourth-order valence-corrected chi connectivity index (χ4v) is 2.88. The predicted molar refractivity (Wildman–Crippen MR) is 86.1 cm³/mol. The van der Waals surface area contributed by atoms with Crippen LogP contribution < -0.4 is 0 Å². The molecule has 0 radical (unpaired) electrons. The number of carbonyl (C=O) groups is 2. The number of amides is 1. The second-order valence-corrected chi connectivity index (χ2v) is 5.64. The van der Waals surface area contributed by atoms with E-state index in [9.17, 15) is 19.7 Å². The fourth-order valence-electron chi connectivity index (χ4n) is 2.88. The normalized spacial score (nSPS) is 16.6. The third kappa shape index (κ3) is 3.52. The molecule has 130 valence electrons. The van der Waals surface area contributed by atoms with Gasteiger partial charge in [-0.1, -0.05) is 12.1 Å². The zero-order chi connectivity index (χ0) is 17.8. The fraction of sp³-hybridized carbons (Fsp3) is 0.294. The van der Waals surface area contributed by atoms with E-state index in [0.29, 0.717) is 13.0 Å². The lowest BCUT2D eigenvalue weighted by atomic mass is 10.1. The van der Waals surface area contributed by atoms with Crippen molar-refractivity contribution in [3.05, 3.63) is 64.1 Å². The molecule has 8 heteroatoms. The van der Waals surface area contributed by atoms with E-state index < -0.39 is 16.8 Å². The van der Waals surface area contributed by atoms with Gasteiger partial charge in [0.1, 0.15) is 12.2 Å². The molecule has 0 spiro atoms. The van der Waals surface area contributed by atoms with E-state index in [1.165, 1.54) is 35.4 Å². The van der Waals surface area contributed by atoms with Crippen molar-refractivity contribution in [1.82, 2.24) is 4.90 Å².